The van der Waals surface area contributed by atoms with E-state index in [1.165, 1.54) is 12.1 Å². The van der Waals surface area contributed by atoms with Crippen LogP contribution in [0.15, 0.2) is 47.4 Å². The number of H-pyrrole nitrogens is 1. The van der Waals surface area contributed by atoms with Gasteiger partial charge in [-0.05, 0) is 29.0 Å². The van der Waals surface area contributed by atoms with Crippen LogP contribution in [-0.2, 0) is 0 Å². The fraction of sp³-hybridized carbons (Fsp3) is 0. The largest absolute Gasteiger partial charge is 0.478 e. The number of nitrogens with one attached hydrogen (secondary N) is 1. The van der Waals surface area contributed by atoms with Crippen LogP contribution in [0.3, 0.4) is 0 Å². The first-order valence-electron chi connectivity index (χ1n) is 5.44. The van der Waals surface area contributed by atoms with Gasteiger partial charge >= 0.3 is 5.97 Å². The number of aromatic amines is 1. The molecule has 0 radical (unpaired) electrons. The summed E-state index contributed by atoms with van der Waals surface area (Å²) in [4.78, 5) is 25.7. The summed E-state index contributed by atoms with van der Waals surface area (Å²) in [7, 11) is 0. The van der Waals surface area contributed by atoms with Crippen molar-refractivity contribution in [2.24, 2.45) is 0 Å². The van der Waals surface area contributed by atoms with Crippen molar-refractivity contribution in [2.75, 3.05) is 0 Å². The van der Waals surface area contributed by atoms with Gasteiger partial charge in [-0.3, -0.25) is 4.79 Å². The van der Waals surface area contributed by atoms with Gasteiger partial charge in [-0.1, -0.05) is 18.2 Å². The summed E-state index contributed by atoms with van der Waals surface area (Å²) in [5.74, 6) is -1.20. The van der Waals surface area contributed by atoms with Crippen molar-refractivity contribution in [3.63, 3.8) is 0 Å². The molecule has 0 aliphatic heterocycles. The lowest BCUT2D eigenvalue weighted by atomic mass is 10.0. The number of carbonyl (C=O) groups is 1. The van der Waals surface area contributed by atoms with Gasteiger partial charge in [0.2, 0.25) is 0 Å². The van der Waals surface area contributed by atoms with E-state index in [4.69, 9.17) is 5.11 Å². The average Bonchev–Trinajstić information content (AvgIpc) is 2.37. The highest BCUT2D eigenvalue weighted by Gasteiger charge is 2.11. The Bertz CT molecular complexity index is 833. The van der Waals surface area contributed by atoms with Crippen LogP contribution in [0, 0.1) is 0 Å². The summed E-state index contributed by atoms with van der Waals surface area (Å²) < 4.78 is 0. The minimum Gasteiger partial charge on any atom is -0.478 e. The van der Waals surface area contributed by atoms with Gasteiger partial charge in [-0.15, -0.1) is 0 Å². The molecule has 3 aromatic rings. The molecule has 0 amide bonds. The number of aromatic carboxylic acids is 1. The number of carboxylic acid groups (broad SMARTS) is 1. The van der Waals surface area contributed by atoms with Gasteiger partial charge in [-0.25, -0.2) is 4.79 Å². The Morgan fingerprint density at radius 3 is 2.67 bits per heavy atom. The zero-order valence-corrected chi connectivity index (χ0v) is 9.31. The number of hydrogen-bond acceptors (Lipinski definition) is 2. The molecule has 1 heterocycles. The average molecular weight is 239 g/mol. The molecule has 2 aromatic carbocycles. The van der Waals surface area contributed by atoms with Crippen molar-refractivity contribution in [3.05, 3.63) is 58.4 Å². The van der Waals surface area contributed by atoms with Gasteiger partial charge in [-0.2, -0.15) is 0 Å². The third-order valence-corrected chi connectivity index (χ3v) is 2.98. The summed E-state index contributed by atoms with van der Waals surface area (Å²) >= 11 is 0. The fourth-order valence-corrected chi connectivity index (χ4v) is 2.12. The molecule has 3 rings (SSSR count). The van der Waals surface area contributed by atoms with Crippen LogP contribution in [0.5, 0.6) is 0 Å². The van der Waals surface area contributed by atoms with Crippen LogP contribution in [0.25, 0.3) is 21.7 Å². The molecular formula is C14H9NO3. The quantitative estimate of drug-likeness (QED) is 0.640. The van der Waals surface area contributed by atoms with E-state index in [1.807, 2.05) is 24.3 Å². The van der Waals surface area contributed by atoms with Gasteiger partial charge in [0.05, 0.1) is 5.52 Å². The molecule has 0 saturated heterocycles. The Labute approximate surface area is 101 Å². The topological polar surface area (TPSA) is 70.2 Å². The molecule has 0 fully saturated rings. The van der Waals surface area contributed by atoms with Crippen molar-refractivity contribution < 1.29 is 9.90 Å². The predicted octanol–water partition coefficient (Wildman–Crippen LogP) is 2.38. The normalized spacial score (nSPS) is 10.9. The maximum Gasteiger partial charge on any atom is 0.339 e. The van der Waals surface area contributed by atoms with E-state index in [1.54, 1.807) is 6.20 Å². The molecule has 4 heteroatoms. The minimum absolute atomic E-state index is 0.202. The van der Waals surface area contributed by atoms with E-state index >= 15 is 0 Å². The van der Waals surface area contributed by atoms with Gasteiger partial charge < -0.3 is 10.1 Å². The molecule has 88 valence electrons. The Kier molecular flexibility index (Phi) is 2.16. The minimum atomic E-state index is -1.20. The van der Waals surface area contributed by atoms with Crippen molar-refractivity contribution >= 4 is 27.6 Å². The summed E-state index contributed by atoms with van der Waals surface area (Å²) in [5, 5.41) is 11.4. The summed E-state index contributed by atoms with van der Waals surface area (Å²) in [5.41, 5.74) is 0.162. The van der Waals surface area contributed by atoms with E-state index in [0.717, 1.165) is 21.7 Å². The van der Waals surface area contributed by atoms with Gasteiger partial charge in [0.25, 0.3) is 0 Å². The second-order valence-corrected chi connectivity index (χ2v) is 4.07. The molecule has 0 unspecified atom stereocenters. The van der Waals surface area contributed by atoms with Crippen LogP contribution in [0.4, 0.5) is 0 Å². The van der Waals surface area contributed by atoms with E-state index < -0.39 is 11.4 Å². The Morgan fingerprint density at radius 1 is 1.11 bits per heavy atom. The summed E-state index contributed by atoms with van der Waals surface area (Å²) in [6, 6.07) is 10.3. The Hall–Kier alpha value is -2.62. The highest BCUT2D eigenvalue weighted by atomic mass is 16.4. The second-order valence-electron chi connectivity index (χ2n) is 4.07. The first-order chi connectivity index (χ1) is 8.66. The van der Waals surface area contributed by atoms with Crippen LogP contribution >= 0.6 is 0 Å². The molecule has 0 aliphatic rings. The number of carboxylic acids is 1. The van der Waals surface area contributed by atoms with Crippen LogP contribution in [-0.4, -0.2) is 16.1 Å². The first-order valence-corrected chi connectivity index (χ1v) is 5.44. The second kappa shape index (κ2) is 3.70. The van der Waals surface area contributed by atoms with Crippen molar-refractivity contribution in [1.29, 1.82) is 0 Å². The van der Waals surface area contributed by atoms with E-state index in [2.05, 4.69) is 4.98 Å². The number of hydrogen-bond donors (Lipinski definition) is 2. The third kappa shape index (κ3) is 1.47. The molecule has 0 bridgehead atoms. The molecule has 0 saturated carbocycles. The summed E-state index contributed by atoms with van der Waals surface area (Å²) in [6.45, 7) is 0. The third-order valence-electron chi connectivity index (χ3n) is 2.98. The molecule has 0 atom stereocenters. The number of aromatic nitrogens is 1. The number of pyridine rings is 1. The van der Waals surface area contributed by atoms with E-state index in [9.17, 15) is 9.59 Å². The van der Waals surface area contributed by atoms with Crippen LogP contribution < -0.4 is 5.43 Å². The zero-order valence-electron chi connectivity index (χ0n) is 9.31. The highest BCUT2D eigenvalue weighted by Crippen LogP contribution is 2.22. The fourth-order valence-electron chi connectivity index (χ4n) is 2.12. The highest BCUT2D eigenvalue weighted by molar-refractivity contribution is 6.07. The number of benzene rings is 2. The van der Waals surface area contributed by atoms with Crippen molar-refractivity contribution in [3.8, 4) is 0 Å². The number of rotatable bonds is 1. The molecule has 0 aliphatic carbocycles. The van der Waals surface area contributed by atoms with Crippen molar-refractivity contribution in [1.82, 2.24) is 4.98 Å². The Morgan fingerprint density at radius 2 is 1.89 bits per heavy atom. The molecule has 0 spiro atoms. The molecule has 2 N–H and O–H groups in total. The van der Waals surface area contributed by atoms with Crippen LogP contribution in [0.1, 0.15) is 10.4 Å². The van der Waals surface area contributed by atoms with Crippen molar-refractivity contribution in [2.45, 2.75) is 0 Å². The zero-order chi connectivity index (χ0) is 12.7. The maximum atomic E-state index is 11.6. The number of fused-ring (bicyclic) bond motifs is 3. The van der Waals surface area contributed by atoms with Crippen LogP contribution in [0.2, 0.25) is 0 Å². The molecule has 1 aromatic heterocycles. The molecular weight excluding hydrogens is 230 g/mol. The summed E-state index contributed by atoms with van der Waals surface area (Å²) in [6.07, 6.45) is 1.77. The Balaban J connectivity index is 2.53. The van der Waals surface area contributed by atoms with Gasteiger partial charge in [0, 0.05) is 11.6 Å². The SMILES string of the molecule is O=C(O)c1cc2c(ccc3ccc[nH]c32)cc1=O. The molecule has 4 nitrogen and oxygen atoms in total. The lowest BCUT2D eigenvalue weighted by molar-refractivity contribution is 0.0696. The maximum absolute atomic E-state index is 11.6. The standard InChI is InChI=1S/C14H9NO3/c16-12-6-9-4-3-8-2-1-5-15-13(8)10(9)7-11(12)14(17)18/h1-7,15H,(H,17,18). The lowest BCUT2D eigenvalue weighted by Gasteiger charge is -2.04. The van der Waals surface area contributed by atoms with E-state index in [0.29, 0.717) is 0 Å². The predicted molar refractivity (Wildman–Crippen MR) is 69.0 cm³/mol. The van der Waals surface area contributed by atoms with Gasteiger partial charge in [0.1, 0.15) is 5.56 Å². The van der Waals surface area contributed by atoms with Gasteiger partial charge in [0.15, 0.2) is 5.43 Å². The monoisotopic (exact) mass is 239 g/mol. The first kappa shape index (κ1) is 10.5. The smallest absolute Gasteiger partial charge is 0.339 e. The molecule has 18 heavy (non-hydrogen) atoms. The van der Waals surface area contributed by atoms with E-state index in [-0.39, 0.29) is 5.56 Å². The lowest BCUT2D eigenvalue weighted by Crippen LogP contribution is -2.12.